The average molecular weight is 412 g/mol. The van der Waals surface area contributed by atoms with E-state index in [1.54, 1.807) is 18.0 Å². The summed E-state index contributed by atoms with van der Waals surface area (Å²) in [5.41, 5.74) is 2.32. The van der Waals surface area contributed by atoms with Crippen LogP contribution in [0.1, 0.15) is 39.7 Å². The highest BCUT2D eigenvalue weighted by Crippen LogP contribution is 2.29. The van der Waals surface area contributed by atoms with Crippen molar-refractivity contribution >= 4 is 17.7 Å². The number of hydrogen-bond donors (Lipinski definition) is 0. The normalized spacial score (nSPS) is 12.3. The molecule has 0 aliphatic heterocycles. The zero-order chi connectivity index (χ0) is 21.6. The van der Waals surface area contributed by atoms with Crippen molar-refractivity contribution in [3.8, 4) is 17.5 Å². The smallest absolute Gasteiger partial charge is 0.235 e. The summed E-state index contributed by atoms with van der Waals surface area (Å²) in [6.45, 7) is 13.2. The molecule has 29 heavy (non-hydrogen) atoms. The molecule has 1 atom stereocenters. The van der Waals surface area contributed by atoms with Crippen molar-refractivity contribution in [1.82, 2.24) is 19.7 Å². The lowest BCUT2D eigenvalue weighted by molar-refractivity contribution is -0.128. The van der Waals surface area contributed by atoms with Gasteiger partial charge in [-0.15, -0.1) is 16.8 Å². The molecule has 0 bridgehead atoms. The Morgan fingerprint density at radius 2 is 2.00 bits per heavy atom. The number of benzene rings is 1. The minimum Gasteiger partial charge on any atom is -0.344 e. The molecule has 7 heteroatoms. The lowest BCUT2D eigenvalue weighted by Gasteiger charge is -2.20. The predicted molar refractivity (Wildman–Crippen MR) is 118 cm³/mol. The SMILES string of the molecule is C=CCn1c(S[C@@H](C)C(=O)N(C)CCC#N)nnc1-c1ccc(C(C)(C)C)cc1. The molecular formula is C22H29N5OS. The van der Waals surface area contributed by atoms with Crippen LogP contribution in [-0.2, 0) is 16.8 Å². The third-order valence-electron chi connectivity index (χ3n) is 4.60. The minimum atomic E-state index is -0.331. The first kappa shape index (κ1) is 22.7. The topological polar surface area (TPSA) is 74.8 Å². The molecule has 6 nitrogen and oxygen atoms in total. The van der Waals surface area contributed by atoms with E-state index in [0.29, 0.717) is 24.7 Å². The molecule has 154 valence electrons. The summed E-state index contributed by atoms with van der Waals surface area (Å²) in [6.07, 6.45) is 2.12. The van der Waals surface area contributed by atoms with Crippen LogP contribution < -0.4 is 0 Å². The second kappa shape index (κ2) is 9.75. The van der Waals surface area contributed by atoms with Crippen molar-refractivity contribution in [2.24, 2.45) is 0 Å². The molecule has 0 radical (unpaired) electrons. The Morgan fingerprint density at radius 3 is 2.55 bits per heavy atom. The highest BCUT2D eigenvalue weighted by atomic mass is 32.2. The van der Waals surface area contributed by atoms with Crippen LogP contribution in [0.4, 0.5) is 0 Å². The standard InChI is InChI=1S/C22H29N5OS/c1-7-14-27-19(17-9-11-18(12-10-17)22(3,4)5)24-25-21(27)29-16(2)20(28)26(6)15-8-13-23/h7,9-12,16H,1,8,14-15H2,2-6H3/t16-/m0/s1. The highest BCUT2D eigenvalue weighted by molar-refractivity contribution is 8.00. The Balaban J connectivity index is 2.25. The first-order valence-electron chi connectivity index (χ1n) is 9.62. The van der Waals surface area contributed by atoms with Crippen LogP contribution in [0.2, 0.25) is 0 Å². The Bertz CT molecular complexity index is 889. The van der Waals surface area contributed by atoms with E-state index >= 15 is 0 Å². The van der Waals surface area contributed by atoms with Crippen LogP contribution in [0.5, 0.6) is 0 Å². The van der Waals surface area contributed by atoms with Crippen LogP contribution in [0.25, 0.3) is 11.4 Å². The van der Waals surface area contributed by atoms with E-state index in [-0.39, 0.29) is 16.6 Å². The van der Waals surface area contributed by atoms with Crippen LogP contribution in [0.3, 0.4) is 0 Å². The van der Waals surface area contributed by atoms with Gasteiger partial charge in [0.25, 0.3) is 0 Å². The molecule has 0 unspecified atom stereocenters. The minimum absolute atomic E-state index is 0.0329. The molecule has 0 saturated carbocycles. The van der Waals surface area contributed by atoms with Gasteiger partial charge in [0, 0.05) is 25.7 Å². The van der Waals surface area contributed by atoms with Gasteiger partial charge in [0.05, 0.1) is 17.7 Å². The van der Waals surface area contributed by atoms with Crippen molar-refractivity contribution in [3.63, 3.8) is 0 Å². The zero-order valence-electron chi connectivity index (χ0n) is 17.8. The summed E-state index contributed by atoms with van der Waals surface area (Å²) in [4.78, 5) is 14.1. The number of amides is 1. The number of aromatic nitrogens is 3. The molecule has 0 spiro atoms. The van der Waals surface area contributed by atoms with Gasteiger partial charge < -0.3 is 4.90 Å². The summed E-state index contributed by atoms with van der Waals surface area (Å²) in [7, 11) is 1.72. The van der Waals surface area contributed by atoms with Crippen molar-refractivity contribution in [2.45, 2.75) is 56.5 Å². The van der Waals surface area contributed by atoms with Crippen molar-refractivity contribution in [1.29, 1.82) is 5.26 Å². The first-order chi connectivity index (χ1) is 13.7. The third-order valence-corrected chi connectivity index (χ3v) is 5.67. The maximum Gasteiger partial charge on any atom is 0.235 e. The first-order valence-corrected chi connectivity index (χ1v) is 10.5. The van der Waals surface area contributed by atoms with Crippen molar-refractivity contribution in [2.75, 3.05) is 13.6 Å². The molecule has 0 aliphatic carbocycles. The Kier molecular flexibility index (Phi) is 7.63. The number of nitriles is 1. The van der Waals surface area contributed by atoms with E-state index in [1.165, 1.54) is 17.3 Å². The maximum absolute atomic E-state index is 12.5. The number of hydrogen-bond acceptors (Lipinski definition) is 5. The Hall–Kier alpha value is -2.59. The largest absolute Gasteiger partial charge is 0.344 e. The monoisotopic (exact) mass is 411 g/mol. The van der Waals surface area contributed by atoms with E-state index in [9.17, 15) is 4.79 Å². The molecule has 0 aliphatic rings. The van der Waals surface area contributed by atoms with E-state index in [1.807, 2.05) is 11.5 Å². The highest BCUT2D eigenvalue weighted by Gasteiger charge is 2.23. The van der Waals surface area contributed by atoms with Crippen LogP contribution in [0, 0.1) is 11.3 Å². The number of allylic oxidation sites excluding steroid dienone is 1. The molecule has 0 N–H and O–H groups in total. The van der Waals surface area contributed by atoms with Gasteiger partial charge in [-0.25, -0.2) is 0 Å². The second-order valence-electron chi connectivity index (χ2n) is 7.96. The fourth-order valence-corrected chi connectivity index (χ4v) is 3.82. The van der Waals surface area contributed by atoms with Crippen molar-refractivity contribution in [3.05, 3.63) is 42.5 Å². The molecule has 1 amide bonds. The number of thioether (sulfide) groups is 1. The van der Waals surface area contributed by atoms with Gasteiger partial charge in [0.2, 0.25) is 5.91 Å². The molecule has 1 heterocycles. The Morgan fingerprint density at radius 1 is 1.34 bits per heavy atom. The lowest BCUT2D eigenvalue weighted by Crippen LogP contribution is -2.34. The molecule has 2 aromatic rings. The zero-order valence-corrected chi connectivity index (χ0v) is 18.7. The van der Waals surface area contributed by atoms with E-state index < -0.39 is 0 Å². The number of carbonyl (C=O) groups excluding carboxylic acids is 1. The maximum atomic E-state index is 12.5. The van der Waals surface area contributed by atoms with Crippen LogP contribution in [0.15, 0.2) is 42.1 Å². The average Bonchev–Trinajstić information content (AvgIpc) is 3.07. The van der Waals surface area contributed by atoms with Gasteiger partial charge >= 0.3 is 0 Å². The van der Waals surface area contributed by atoms with Crippen LogP contribution in [-0.4, -0.2) is 44.4 Å². The fourth-order valence-electron chi connectivity index (χ4n) is 2.85. The molecule has 0 saturated heterocycles. The second-order valence-corrected chi connectivity index (χ2v) is 9.27. The van der Waals surface area contributed by atoms with Gasteiger partial charge in [-0.2, -0.15) is 5.26 Å². The number of rotatable bonds is 8. The number of carbonyl (C=O) groups is 1. The fraction of sp³-hybridized carbons (Fsp3) is 0.455. The van der Waals surface area contributed by atoms with E-state index in [0.717, 1.165) is 11.4 Å². The lowest BCUT2D eigenvalue weighted by atomic mass is 9.87. The summed E-state index contributed by atoms with van der Waals surface area (Å²) >= 11 is 1.37. The predicted octanol–water partition coefficient (Wildman–Crippen LogP) is 4.28. The van der Waals surface area contributed by atoms with Gasteiger partial charge in [-0.3, -0.25) is 9.36 Å². The summed E-state index contributed by atoms with van der Waals surface area (Å²) in [5, 5.41) is 17.8. The number of nitrogens with zero attached hydrogens (tertiary/aromatic N) is 5. The van der Waals surface area contributed by atoms with Gasteiger partial charge in [-0.05, 0) is 17.9 Å². The molecule has 1 aromatic carbocycles. The van der Waals surface area contributed by atoms with E-state index in [4.69, 9.17) is 5.26 Å². The van der Waals surface area contributed by atoms with E-state index in [2.05, 4.69) is 67.9 Å². The van der Waals surface area contributed by atoms with Gasteiger partial charge in [0.1, 0.15) is 0 Å². The molecule has 0 fully saturated rings. The summed E-state index contributed by atoms with van der Waals surface area (Å²) < 4.78 is 1.98. The molecule has 2 rings (SSSR count). The summed E-state index contributed by atoms with van der Waals surface area (Å²) in [6, 6.07) is 10.4. The Labute approximate surface area is 177 Å². The van der Waals surface area contributed by atoms with Gasteiger partial charge in [-0.1, -0.05) is 62.9 Å². The molecular weight excluding hydrogens is 382 g/mol. The quantitative estimate of drug-likeness (QED) is 0.479. The summed E-state index contributed by atoms with van der Waals surface area (Å²) in [5.74, 6) is 0.722. The van der Waals surface area contributed by atoms with Crippen LogP contribution >= 0.6 is 11.8 Å². The molecule has 1 aromatic heterocycles. The van der Waals surface area contributed by atoms with Gasteiger partial charge in [0.15, 0.2) is 11.0 Å². The third kappa shape index (κ3) is 5.70. The van der Waals surface area contributed by atoms with Crippen molar-refractivity contribution < 1.29 is 4.79 Å².